The lowest BCUT2D eigenvalue weighted by atomic mass is 10.2. The van der Waals surface area contributed by atoms with Gasteiger partial charge in [-0.15, -0.1) is 0 Å². The topological polar surface area (TPSA) is 35.5 Å². The molecule has 1 atom stereocenters. The zero-order valence-corrected chi connectivity index (χ0v) is 18.9. The van der Waals surface area contributed by atoms with Crippen LogP contribution in [0.15, 0.2) is 121 Å². The molecule has 4 heteroatoms. The minimum absolute atomic E-state index is 0.0560. The van der Waals surface area contributed by atoms with Gasteiger partial charge in [-0.25, -0.2) is 4.79 Å². The van der Waals surface area contributed by atoms with E-state index in [-0.39, 0.29) is 5.52 Å². The lowest BCUT2D eigenvalue weighted by Crippen LogP contribution is -2.42. The summed E-state index contributed by atoms with van der Waals surface area (Å²) in [5, 5.41) is 2.94. The van der Waals surface area contributed by atoms with Crippen molar-refractivity contribution in [2.75, 3.05) is 7.11 Å². The Kier molecular flexibility index (Phi) is 7.24. The molecule has 0 bridgehead atoms. The van der Waals surface area contributed by atoms with E-state index < -0.39 is 13.6 Å². The molecule has 0 amide bonds. The summed E-state index contributed by atoms with van der Waals surface area (Å²) in [6.07, 6.45) is -0.996. The monoisotopic (exact) mass is 441 g/mol. The van der Waals surface area contributed by atoms with Crippen LogP contribution in [0.3, 0.4) is 0 Å². The van der Waals surface area contributed by atoms with E-state index in [9.17, 15) is 4.79 Å². The molecule has 0 N–H and O–H groups in total. The van der Waals surface area contributed by atoms with Crippen LogP contribution in [0.25, 0.3) is 0 Å². The number of ether oxygens (including phenoxy) is 2. The van der Waals surface area contributed by atoms with Crippen LogP contribution in [0, 0.1) is 0 Å². The van der Waals surface area contributed by atoms with Gasteiger partial charge in [0, 0.05) is 7.11 Å². The summed E-state index contributed by atoms with van der Waals surface area (Å²) in [7, 11) is -1.20. The van der Waals surface area contributed by atoms with Crippen molar-refractivity contribution in [3.05, 3.63) is 127 Å². The van der Waals surface area contributed by atoms with Gasteiger partial charge >= 0.3 is 5.52 Å². The lowest BCUT2D eigenvalue weighted by Gasteiger charge is -2.28. The largest absolute Gasteiger partial charge is 0.346 e. The van der Waals surface area contributed by atoms with Crippen LogP contribution in [-0.2, 0) is 20.9 Å². The van der Waals surface area contributed by atoms with Gasteiger partial charge in [0.25, 0.3) is 6.29 Å². The van der Waals surface area contributed by atoms with Gasteiger partial charge in [0.2, 0.25) is 0 Å². The van der Waals surface area contributed by atoms with Crippen molar-refractivity contribution in [2.45, 2.75) is 12.9 Å². The molecule has 3 nitrogen and oxygen atoms in total. The van der Waals surface area contributed by atoms with Crippen LogP contribution in [0.5, 0.6) is 0 Å². The van der Waals surface area contributed by atoms with Crippen molar-refractivity contribution in [2.24, 2.45) is 0 Å². The van der Waals surface area contributed by atoms with Crippen LogP contribution in [0.2, 0.25) is 0 Å². The Morgan fingerprint density at radius 2 is 1.03 bits per heavy atom. The fourth-order valence-corrected chi connectivity index (χ4v) is 7.94. The molecule has 160 valence electrons. The zero-order valence-electron chi connectivity index (χ0n) is 18.0. The molecule has 0 fully saturated rings. The first-order chi connectivity index (χ1) is 15.8. The highest BCUT2D eigenvalue weighted by atomic mass is 31.2. The first-order valence-electron chi connectivity index (χ1n) is 10.6. The second kappa shape index (κ2) is 10.5. The predicted octanol–water partition coefficient (Wildman–Crippen LogP) is 4.70. The Morgan fingerprint density at radius 1 is 0.656 bits per heavy atom. The number of carbonyl (C=O) groups is 1. The van der Waals surface area contributed by atoms with E-state index in [0.717, 1.165) is 21.5 Å². The molecule has 32 heavy (non-hydrogen) atoms. The van der Waals surface area contributed by atoms with Crippen LogP contribution < -0.4 is 15.9 Å². The summed E-state index contributed by atoms with van der Waals surface area (Å²) < 4.78 is 11.7. The Balaban J connectivity index is 1.85. The summed E-state index contributed by atoms with van der Waals surface area (Å²) in [4.78, 5) is 14.4. The Morgan fingerprint density at radius 3 is 1.41 bits per heavy atom. The fraction of sp³-hybridized carbons (Fsp3) is 0.107. The second-order valence-electron chi connectivity index (χ2n) is 7.38. The number of benzene rings is 4. The van der Waals surface area contributed by atoms with Gasteiger partial charge in [0.05, 0.1) is 6.61 Å². The van der Waals surface area contributed by atoms with Crippen molar-refractivity contribution >= 4 is 28.7 Å². The van der Waals surface area contributed by atoms with Gasteiger partial charge in [-0.1, -0.05) is 84.9 Å². The molecule has 4 aromatic rings. The van der Waals surface area contributed by atoms with Crippen molar-refractivity contribution in [3.63, 3.8) is 0 Å². The summed E-state index contributed by atoms with van der Waals surface area (Å²) in [6, 6.07) is 39.9. The minimum Gasteiger partial charge on any atom is -0.346 e. The molecule has 0 saturated heterocycles. The van der Waals surface area contributed by atoms with Crippen molar-refractivity contribution in [1.82, 2.24) is 0 Å². The summed E-state index contributed by atoms with van der Waals surface area (Å²) >= 11 is 0. The number of rotatable bonds is 9. The molecule has 0 aliphatic rings. The Labute approximate surface area is 190 Å². The first kappa shape index (κ1) is 22.1. The smallest absolute Gasteiger partial charge is 0.338 e. The number of hydrogen-bond donors (Lipinski definition) is 0. The van der Waals surface area contributed by atoms with Crippen molar-refractivity contribution in [3.8, 4) is 0 Å². The predicted molar refractivity (Wildman–Crippen MR) is 132 cm³/mol. The van der Waals surface area contributed by atoms with Gasteiger partial charge in [0.15, 0.2) is 7.26 Å². The van der Waals surface area contributed by atoms with E-state index in [2.05, 4.69) is 0 Å². The molecule has 0 saturated carbocycles. The van der Waals surface area contributed by atoms with Crippen LogP contribution in [-0.4, -0.2) is 18.9 Å². The van der Waals surface area contributed by atoms with E-state index in [0.29, 0.717) is 6.61 Å². The molecular weight excluding hydrogens is 415 g/mol. The third-order valence-electron chi connectivity index (χ3n) is 5.42. The average molecular weight is 441 g/mol. The van der Waals surface area contributed by atoms with E-state index in [1.807, 2.05) is 121 Å². The summed E-state index contributed by atoms with van der Waals surface area (Å²) in [6.45, 7) is 0.295. The first-order valence-corrected chi connectivity index (χ1v) is 12.3. The lowest BCUT2D eigenvalue weighted by molar-refractivity contribution is -0.157. The number of methoxy groups -OCH3 is 1. The van der Waals surface area contributed by atoms with Gasteiger partial charge in [-0.2, -0.15) is 0 Å². The summed E-state index contributed by atoms with van der Waals surface area (Å²) in [5.41, 5.74) is 0.935. The molecule has 0 spiro atoms. The average Bonchev–Trinajstić information content (AvgIpc) is 2.87. The van der Waals surface area contributed by atoms with E-state index in [1.165, 1.54) is 7.11 Å². The quantitative estimate of drug-likeness (QED) is 0.279. The van der Waals surface area contributed by atoms with E-state index >= 15 is 0 Å². The Hall–Kier alpha value is -3.10. The molecular formula is C28H26O3P+. The number of hydrogen-bond acceptors (Lipinski definition) is 3. The third kappa shape index (κ3) is 4.42. The Bertz CT molecular complexity index is 1020. The maximum absolute atomic E-state index is 14.4. The molecule has 1 unspecified atom stereocenters. The molecule has 4 aromatic carbocycles. The van der Waals surface area contributed by atoms with Gasteiger partial charge in [0.1, 0.15) is 15.9 Å². The van der Waals surface area contributed by atoms with E-state index in [4.69, 9.17) is 9.47 Å². The SMILES string of the molecule is COC(OCc1ccccc1)C(=O)[P+](c1ccccc1)(c1ccccc1)c1ccccc1. The zero-order chi connectivity index (χ0) is 22.2. The maximum atomic E-state index is 14.4. The molecule has 0 radical (unpaired) electrons. The van der Waals surface area contributed by atoms with Crippen LogP contribution in [0.4, 0.5) is 0 Å². The van der Waals surface area contributed by atoms with Crippen LogP contribution in [0.1, 0.15) is 5.56 Å². The summed E-state index contributed by atoms with van der Waals surface area (Å²) in [5.74, 6) is 0. The normalized spacial score (nSPS) is 12.3. The molecule has 0 aromatic heterocycles. The van der Waals surface area contributed by atoms with Crippen molar-refractivity contribution < 1.29 is 14.3 Å². The standard InChI is InChI=1S/C28H26O3P/c1-30-28(31-22-23-14-6-2-7-15-23)27(29)32(24-16-8-3-9-17-24,25-18-10-4-11-19-25)26-20-12-5-13-21-26/h2-21,28H,22H2,1H3/q+1. The molecule has 0 aliphatic heterocycles. The molecule has 0 aliphatic carbocycles. The minimum atomic E-state index is -2.73. The fourth-order valence-electron chi connectivity index (χ4n) is 3.93. The van der Waals surface area contributed by atoms with Crippen LogP contribution >= 0.6 is 7.26 Å². The van der Waals surface area contributed by atoms with Crippen molar-refractivity contribution in [1.29, 1.82) is 0 Å². The van der Waals surface area contributed by atoms with Gasteiger partial charge < -0.3 is 9.47 Å². The molecule has 0 heterocycles. The van der Waals surface area contributed by atoms with Gasteiger partial charge in [-0.3, -0.25) is 0 Å². The highest BCUT2D eigenvalue weighted by Gasteiger charge is 2.56. The molecule has 4 rings (SSSR count). The highest BCUT2D eigenvalue weighted by molar-refractivity contribution is 8.08. The van der Waals surface area contributed by atoms with E-state index in [1.54, 1.807) is 0 Å². The third-order valence-corrected chi connectivity index (χ3v) is 9.51. The second-order valence-corrected chi connectivity index (χ2v) is 10.7. The maximum Gasteiger partial charge on any atom is 0.338 e. The number of carbonyl (C=O) groups excluding carboxylic acids is 1. The van der Waals surface area contributed by atoms with Gasteiger partial charge in [-0.05, 0) is 42.0 Å². The highest BCUT2D eigenvalue weighted by Crippen LogP contribution is 2.57.